The minimum absolute atomic E-state index is 0.0488. The minimum atomic E-state index is -0.339. The Morgan fingerprint density at radius 1 is 1.12 bits per heavy atom. The first-order valence-electron chi connectivity index (χ1n) is 8.76. The molecule has 0 aliphatic carbocycles. The van der Waals surface area contributed by atoms with Crippen molar-refractivity contribution in [1.82, 2.24) is 14.3 Å². The van der Waals surface area contributed by atoms with E-state index in [1.54, 1.807) is 22.7 Å². The molecule has 7 nitrogen and oxygen atoms in total. The predicted molar refractivity (Wildman–Crippen MR) is 101 cm³/mol. The molecule has 3 aromatic rings. The molecule has 0 spiro atoms. The van der Waals surface area contributed by atoms with Crippen LogP contribution in [0.2, 0.25) is 0 Å². The fourth-order valence-electron chi connectivity index (χ4n) is 3.54. The summed E-state index contributed by atoms with van der Waals surface area (Å²) < 4.78 is 1.55. The van der Waals surface area contributed by atoms with Crippen LogP contribution >= 0.6 is 0 Å². The normalized spacial score (nSPS) is 15.5. The number of hydrogen-bond donors (Lipinski definition) is 0. The van der Waals surface area contributed by atoms with Crippen LogP contribution < -0.4 is 4.90 Å². The van der Waals surface area contributed by atoms with E-state index in [0.717, 1.165) is 32.7 Å². The molecule has 3 heterocycles. The molecule has 1 aliphatic heterocycles. The first-order chi connectivity index (χ1) is 12.6. The van der Waals surface area contributed by atoms with Crippen LogP contribution in [-0.2, 0) is 6.54 Å². The number of imidazole rings is 1. The van der Waals surface area contributed by atoms with Crippen LogP contribution in [0.1, 0.15) is 11.1 Å². The van der Waals surface area contributed by atoms with Crippen molar-refractivity contribution in [2.24, 2.45) is 0 Å². The van der Waals surface area contributed by atoms with Crippen molar-refractivity contribution in [3.05, 3.63) is 69.9 Å². The Bertz CT molecular complexity index is 944. The maximum atomic E-state index is 11.6. The van der Waals surface area contributed by atoms with Gasteiger partial charge in [-0.2, -0.15) is 9.38 Å². The number of fused-ring (bicyclic) bond motifs is 1. The number of benzene rings is 1. The lowest BCUT2D eigenvalue weighted by molar-refractivity contribution is -0.389. The SMILES string of the molecule is Cc1cccc(CN2CCN(c3nc4ccccn4c3[N+](=O)[O-])CC2)c1. The lowest BCUT2D eigenvalue weighted by Crippen LogP contribution is -2.46. The first kappa shape index (κ1) is 16.5. The van der Waals surface area contributed by atoms with E-state index in [1.165, 1.54) is 11.1 Å². The highest BCUT2D eigenvalue weighted by Gasteiger charge is 2.29. The van der Waals surface area contributed by atoms with Crippen LogP contribution in [0, 0.1) is 17.0 Å². The molecule has 0 atom stereocenters. The van der Waals surface area contributed by atoms with Gasteiger partial charge in [-0.25, -0.2) is 0 Å². The quantitative estimate of drug-likeness (QED) is 0.534. The molecule has 0 amide bonds. The molecule has 0 radical (unpaired) electrons. The largest absolute Gasteiger partial charge is 0.372 e. The molecule has 0 N–H and O–H groups in total. The summed E-state index contributed by atoms with van der Waals surface area (Å²) in [6.45, 7) is 6.19. The molecular formula is C19H21N5O2. The van der Waals surface area contributed by atoms with Crippen LogP contribution in [0.5, 0.6) is 0 Å². The Labute approximate surface area is 151 Å². The van der Waals surface area contributed by atoms with E-state index in [2.05, 4.69) is 41.1 Å². The lowest BCUT2D eigenvalue weighted by Gasteiger charge is -2.34. The minimum Gasteiger partial charge on any atom is -0.358 e. The van der Waals surface area contributed by atoms with Gasteiger partial charge in [0, 0.05) is 38.8 Å². The predicted octanol–water partition coefficient (Wildman–Crippen LogP) is 2.87. The monoisotopic (exact) mass is 351 g/mol. The highest BCUT2D eigenvalue weighted by atomic mass is 16.6. The summed E-state index contributed by atoms with van der Waals surface area (Å²) in [6, 6.07) is 14.0. The van der Waals surface area contributed by atoms with Gasteiger partial charge in [-0.15, -0.1) is 0 Å². The molecule has 1 aromatic carbocycles. The second kappa shape index (κ2) is 6.76. The van der Waals surface area contributed by atoms with Crippen molar-refractivity contribution < 1.29 is 4.92 Å². The Kier molecular flexibility index (Phi) is 4.30. The Hall–Kier alpha value is -2.93. The van der Waals surface area contributed by atoms with E-state index in [1.807, 2.05) is 11.0 Å². The fraction of sp³-hybridized carbons (Fsp3) is 0.316. The van der Waals surface area contributed by atoms with Crippen LogP contribution in [0.15, 0.2) is 48.7 Å². The third-order valence-corrected chi connectivity index (χ3v) is 4.82. The van der Waals surface area contributed by atoms with Crippen LogP contribution in [0.4, 0.5) is 11.6 Å². The third kappa shape index (κ3) is 3.13. The van der Waals surface area contributed by atoms with E-state index in [9.17, 15) is 10.1 Å². The second-order valence-corrected chi connectivity index (χ2v) is 6.70. The summed E-state index contributed by atoms with van der Waals surface area (Å²) in [7, 11) is 0. The summed E-state index contributed by atoms with van der Waals surface area (Å²) >= 11 is 0. The van der Waals surface area contributed by atoms with E-state index < -0.39 is 0 Å². The molecule has 2 aromatic heterocycles. The number of pyridine rings is 1. The lowest BCUT2D eigenvalue weighted by atomic mass is 10.1. The first-order valence-corrected chi connectivity index (χ1v) is 8.76. The van der Waals surface area contributed by atoms with Crippen molar-refractivity contribution in [3.63, 3.8) is 0 Å². The van der Waals surface area contributed by atoms with Crippen molar-refractivity contribution in [1.29, 1.82) is 0 Å². The van der Waals surface area contributed by atoms with E-state index in [4.69, 9.17) is 0 Å². The molecule has 1 saturated heterocycles. The zero-order valence-corrected chi connectivity index (χ0v) is 14.7. The fourth-order valence-corrected chi connectivity index (χ4v) is 3.54. The molecular weight excluding hydrogens is 330 g/mol. The van der Waals surface area contributed by atoms with Crippen molar-refractivity contribution in [2.45, 2.75) is 13.5 Å². The van der Waals surface area contributed by atoms with Gasteiger partial charge in [0.1, 0.15) is 0 Å². The maximum Gasteiger partial charge on any atom is 0.372 e. The summed E-state index contributed by atoms with van der Waals surface area (Å²) in [5.41, 5.74) is 3.18. The molecule has 0 saturated carbocycles. The van der Waals surface area contributed by atoms with Gasteiger partial charge in [-0.05, 0) is 23.5 Å². The van der Waals surface area contributed by atoms with E-state index in [-0.39, 0.29) is 10.7 Å². The zero-order chi connectivity index (χ0) is 18.1. The second-order valence-electron chi connectivity index (χ2n) is 6.70. The van der Waals surface area contributed by atoms with Gasteiger partial charge >= 0.3 is 5.82 Å². The molecule has 1 fully saturated rings. The number of hydrogen-bond acceptors (Lipinski definition) is 5. The third-order valence-electron chi connectivity index (χ3n) is 4.82. The van der Waals surface area contributed by atoms with E-state index >= 15 is 0 Å². The topological polar surface area (TPSA) is 66.9 Å². The average Bonchev–Trinajstić information content (AvgIpc) is 3.02. The highest BCUT2D eigenvalue weighted by molar-refractivity contribution is 5.63. The van der Waals surface area contributed by atoms with Gasteiger partial charge in [0.25, 0.3) is 0 Å². The molecule has 0 unspecified atom stereocenters. The smallest absolute Gasteiger partial charge is 0.358 e. The number of piperazine rings is 1. The average molecular weight is 351 g/mol. The summed E-state index contributed by atoms with van der Waals surface area (Å²) in [5.74, 6) is 0.518. The number of nitro groups is 1. The van der Waals surface area contributed by atoms with Gasteiger partial charge < -0.3 is 15.0 Å². The number of nitrogens with zero attached hydrogens (tertiary/aromatic N) is 5. The van der Waals surface area contributed by atoms with Crippen LogP contribution in [-0.4, -0.2) is 45.4 Å². The number of aryl methyl sites for hydroxylation is 1. The molecule has 0 bridgehead atoms. The van der Waals surface area contributed by atoms with Gasteiger partial charge in [-0.3, -0.25) is 4.90 Å². The number of aromatic nitrogens is 2. The Morgan fingerprint density at radius 3 is 2.65 bits per heavy atom. The van der Waals surface area contributed by atoms with E-state index in [0.29, 0.717) is 11.5 Å². The molecule has 4 rings (SSSR count). The highest BCUT2D eigenvalue weighted by Crippen LogP contribution is 2.29. The Morgan fingerprint density at radius 2 is 1.92 bits per heavy atom. The van der Waals surface area contributed by atoms with Gasteiger partial charge in [0.05, 0.1) is 6.20 Å². The molecule has 7 heteroatoms. The van der Waals surface area contributed by atoms with Crippen LogP contribution in [0.25, 0.3) is 5.65 Å². The van der Waals surface area contributed by atoms with Crippen molar-refractivity contribution >= 4 is 17.3 Å². The van der Waals surface area contributed by atoms with Gasteiger partial charge in [-0.1, -0.05) is 35.9 Å². The standard InChI is InChI=1S/C19H21N5O2/c1-15-5-4-6-16(13-15)14-21-9-11-22(12-10-21)18-19(24(25)26)23-8-3-2-7-17(23)20-18/h2-8,13H,9-12,14H2,1H3. The summed E-state index contributed by atoms with van der Waals surface area (Å²) in [6.07, 6.45) is 1.69. The van der Waals surface area contributed by atoms with Gasteiger partial charge in [0.15, 0.2) is 0 Å². The maximum absolute atomic E-state index is 11.6. The molecule has 26 heavy (non-hydrogen) atoms. The molecule has 1 aliphatic rings. The molecule has 134 valence electrons. The number of rotatable bonds is 4. The van der Waals surface area contributed by atoms with Crippen molar-refractivity contribution in [3.8, 4) is 0 Å². The summed E-state index contributed by atoms with van der Waals surface area (Å²) in [4.78, 5) is 20.2. The number of anilines is 1. The van der Waals surface area contributed by atoms with Crippen LogP contribution in [0.3, 0.4) is 0 Å². The Balaban J connectivity index is 1.50. The summed E-state index contributed by atoms with van der Waals surface area (Å²) in [5, 5.41) is 11.6. The zero-order valence-electron chi connectivity index (χ0n) is 14.7. The van der Waals surface area contributed by atoms with Crippen molar-refractivity contribution in [2.75, 3.05) is 31.1 Å². The van der Waals surface area contributed by atoms with Gasteiger partial charge in [0.2, 0.25) is 11.5 Å².